The van der Waals surface area contributed by atoms with Crippen LogP contribution in [0.3, 0.4) is 0 Å². The summed E-state index contributed by atoms with van der Waals surface area (Å²) in [7, 11) is 1.44. The largest absolute Gasteiger partial charge is 0.494 e. The van der Waals surface area contributed by atoms with Crippen LogP contribution in [0.4, 0.5) is 4.39 Å². The summed E-state index contributed by atoms with van der Waals surface area (Å²) in [4.78, 5) is 1.03. The Bertz CT molecular complexity index is 547. The number of thiophene rings is 1. The van der Waals surface area contributed by atoms with E-state index in [0.717, 1.165) is 14.9 Å². The summed E-state index contributed by atoms with van der Waals surface area (Å²) >= 11 is 5.04. The Labute approximate surface area is 117 Å². The second-order valence-corrected chi connectivity index (χ2v) is 5.43. The molecule has 1 aromatic carbocycles. The van der Waals surface area contributed by atoms with Gasteiger partial charge in [0, 0.05) is 9.35 Å². The second kappa shape index (κ2) is 5.79. The fraction of sp³-hybridized carbons (Fsp3) is 0.167. The third-order valence-electron chi connectivity index (χ3n) is 2.58. The van der Waals surface area contributed by atoms with Crippen molar-refractivity contribution in [1.82, 2.24) is 5.43 Å². The molecular formula is C12H12BrFN2OS. The van der Waals surface area contributed by atoms with Crippen LogP contribution in [0.5, 0.6) is 5.75 Å². The number of nitrogens with two attached hydrogens (primary N) is 1. The summed E-state index contributed by atoms with van der Waals surface area (Å²) in [6.07, 6.45) is 0. The van der Waals surface area contributed by atoms with Gasteiger partial charge in [0.25, 0.3) is 0 Å². The van der Waals surface area contributed by atoms with E-state index in [2.05, 4.69) is 21.4 Å². The van der Waals surface area contributed by atoms with Gasteiger partial charge in [-0.05, 0) is 45.1 Å². The zero-order valence-electron chi connectivity index (χ0n) is 9.61. The lowest BCUT2D eigenvalue weighted by Gasteiger charge is -2.16. The highest BCUT2D eigenvalue weighted by molar-refractivity contribution is 9.10. The molecule has 0 saturated carbocycles. The molecule has 0 radical (unpaired) electrons. The fourth-order valence-corrected chi connectivity index (χ4v) is 3.38. The van der Waals surface area contributed by atoms with Crippen molar-refractivity contribution >= 4 is 27.3 Å². The molecular weight excluding hydrogens is 319 g/mol. The van der Waals surface area contributed by atoms with Gasteiger partial charge in [0.2, 0.25) is 0 Å². The molecule has 1 atom stereocenters. The van der Waals surface area contributed by atoms with Crippen LogP contribution in [-0.4, -0.2) is 7.11 Å². The first kappa shape index (κ1) is 13.5. The highest BCUT2D eigenvalue weighted by Gasteiger charge is 2.18. The average molecular weight is 331 g/mol. The SMILES string of the molecule is COc1cc(C(NN)c2sccc2Br)ccc1F. The molecule has 0 aliphatic rings. The van der Waals surface area contributed by atoms with Crippen LogP contribution in [0.15, 0.2) is 34.1 Å². The van der Waals surface area contributed by atoms with Crippen LogP contribution in [0.2, 0.25) is 0 Å². The molecule has 1 heterocycles. The van der Waals surface area contributed by atoms with E-state index >= 15 is 0 Å². The topological polar surface area (TPSA) is 47.3 Å². The summed E-state index contributed by atoms with van der Waals surface area (Å²) in [6.45, 7) is 0. The third-order valence-corrected chi connectivity index (χ3v) is 4.52. The first-order valence-electron chi connectivity index (χ1n) is 5.19. The van der Waals surface area contributed by atoms with Gasteiger partial charge in [0.1, 0.15) is 0 Å². The van der Waals surface area contributed by atoms with Crippen LogP contribution < -0.4 is 16.0 Å². The van der Waals surface area contributed by atoms with E-state index in [1.165, 1.54) is 13.2 Å². The molecule has 0 spiro atoms. The number of hydrogen-bond donors (Lipinski definition) is 2. The minimum atomic E-state index is -0.387. The Kier molecular flexibility index (Phi) is 4.34. The van der Waals surface area contributed by atoms with Crippen LogP contribution in [0.1, 0.15) is 16.5 Å². The van der Waals surface area contributed by atoms with Crippen LogP contribution in [-0.2, 0) is 0 Å². The molecule has 1 unspecified atom stereocenters. The second-order valence-electron chi connectivity index (χ2n) is 3.63. The third kappa shape index (κ3) is 2.56. The minimum Gasteiger partial charge on any atom is -0.494 e. The quantitative estimate of drug-likeness (QED) is 0.668. The number of methoxy groups -OCH3 is 1. The Morgan fingerprint density at radius 2 is 2.22 bits per heavy atom. The van der Waals surface area contributed by atoms with E-state index in [0.29, 0.717) is 0 Å². The monoisotopic (exact) mass is 330 g/mol. The molecule has 3 N–H and O–H groups in total. The van der Waals surface area contributed by atoms with E-state index in [-0.39, 0.29) is 17.6 Å². The summed E-state index contributed by atoms with van der Waals surface area (Å²) in [6, 6.07) is 6.46. The van der Waals surface area contributed by atoms with Gasteiger partial charge in [-0.2, -0.15) is 0 Å². The molecule has 3 nitrogen and oxygen atoms in total. The zero-order chi connectivity index (χ0) is 13.1. The van der Waals surface area contributed by atoms with Crippen molar-refractivity contribution in [2.24, 2.45) is 5.84 Å². The highest BCUT2D eigenvalue weighted by Crippen LogP contribution is 2.34. The van der Waals surface area contributed by atoms with E-state index in [9.17, 15) is 4.39 Å². The van der Waals surface area contributed by atoms with Gasteiger partial charge in [-0.25, -0.2) is 9.82 Å². The number of benzene rings is 1. The van der Waals surface area contributed by atoms with Gasteiger partial charge in [-0.1, -0.05) is 6.07 Å². The number of ether oxygens (including phenoxy) is 1. The van der Waals surface area contributed by atoms with Gasteiger partial charge >= 0.3 is 0 Å². The lowest BCUT2D eigenvalue weighted by atomic mass is 10.1. The van der Waals surface area contributed by atoms with Crippen LogP contribution in [0.25, 0.3) is 0 Å². The lowest BCUT2D eigenvalue weighted by molar-refractivity contribution is 0.385. The highest BCUT2D eigenvalue weighted by atomic mass is 79.9. The average Bonchev–Trinajstić information content (AvgIpc) is 2.79. The van der Waals surface area contributed by atoms with Crippen molar-refractivity contribution in [2.45, 2.75) is 6.04 Å². The number of nitrogens with one attached hydrogen (secondary N) is 1. The van der Waals surface area contributed by atoms with E-state index in [1.807, 2.05) is 11.4 Å². The first-order valence-corrected chi connectivity index (χ1v) is 6.87. The number of halogens is 2. The van der Waals surface area contributed by atoms with Crippen molar-refractivity contribution in [3.63, 3.8) is 0 Å². The minimum absolute atomic E-state index is 0.200. The molecule has 96 valence electrons. The standard InChI is InChI=1S/C12H12BrFN2OS/c1-17-10-6-7(2-3-9(10)14)11(16-15)12-8(13)4-5-18-12/h2-6,11,16H,15H2,1H3. The van der Waals surface area contributed by atoms with E-state index < -0.39 is 0 Å². The first-order chi connectivity index (χ1) is 8.67. The molecule has 0 bridgehead atoms. The Morgan fingerprint density at radius 1 is 1.44 bits per heavy atom. The molecule has 0 fully saturated rings. The lowest BCUT2D eigenvalue weighted by Crippen LogP contribution is -2.28. The predicted molar refractivity (Wildman–Crippen MR) is 74.1 cm³/mol. The molecule has 0 aliphatic heterocycles. The van der Waals surface area contributed by atoms with Crippen molar-refractivity contribution in [3.8, 4) is 5.75 Å². The molecule has 6 heteroatoms. The smallest absolute Gasteiger partial charge is 0.165 e. The summed E-state index contributed by atoms with van der Waals surface area (Å²) in [5, 5.41) is 1.96. The van der Waals surface area contributed by atoms with Gasteiger partial charge < -0.3 is 4.74 Å². The van der Waals surface area contributed by atoms with E-state index in [1.54, 1.807) is 23.5 Å². The fourth-order valence-electron chi connectivity index (χ4n) is 1.69. The molecule has 2 aromatic rings. The van der Waals surface area contributed by atoms with Gasteiger partial charge in [0.15, 0.2) is 11.6 Å². The van der Waals surface area contributed by atoms with Crippen molar-refractivity contribution in [3.05, 3.63) is 50.4 Å². The van der Waals surface area contributed by atoms with Crippen LogP contribution >= 0.6 is 27.3 Å². The molecule has 18 heavy (non-hydrogen) atoms. The van der Waals surface area contributed by atoms with Crippen molar-refractivity contribution < 1.29 is 9.13 Å². The van der Waals surface area contributed by atoms with Gasteiger partial charge in [-0.3, -0.25) is 5.84 Å². The number of hydrazine groups is 1. The number of hydrogen-bond acceptors (Lipinski definition) is 4. The van der Waals surface area contributed by atoms with Crippen molar-refractivity contribution in [2.75, 3.05) is 7.11 Å². The Balaban J connectivity index is 2.42. The maximum absolute atomic E-state index is 13.4. The maximum Gasteiger partial charge on any atom is 0.165 e. The summed E-state index contributed by atoms with van der Waals surface area (Å²) in [5.74, 6) is 5.42. The molecule has 0 aliphatic carbocycles. The maximum atomic E-state index is 13.4. The summed E-state index contributed by atoms with van der Waals surface area (Å²) in [5.41, 5.74) is 3.58. The molecule has 0 saturated heterocycles. The Morgan fingerprint density at radius 3 is 2.78 bits per heavy atom. The normalized spacial score (nSPS) is 12.4. The molecule has 2 rings (SSSR count). The van der Waals surface area contributed by atoms with Gasteiger partial charge in [-0.15, -0.1) is 11.3 Å². The molecule has 0 amide bonds. The Hall–Kier alpha value is -0.950. The summed E-state index contributed by atoms with van der Waals surface area (Å²) < 4.78 is 19.3. The van der Waals surface area contributed by atoms with Crippen molar-refractivity contribution in [1.29, 1.82) is 0 Å². The zero-order valence-corrected chi connectivity index (χ0v) is 12.0. The predicted octanol–water partition coefficient (Wildman–Crippen LogP) is 3.21. The van der Waals surface area contributed by atoms with E-state index in [4.69, 9.17) is 10.6 Å². The van der Waals surface area contributed by atoms with Gasteiger partial charge in [0.05, 0.1) is 13.2 Å². The number of rotatable bonds is 4. The van der Waals surface area contributed by atoms with Crippen LogP contribution in [0, 0.1) is 5.82 Å². The molecule has 1 aromatic heterocycles.